The first-order chi connectivity index (χ1) is 8.66. The molecule has 0 aliphatic heterocycles. The van der Waals surface area contributed by atoms with Crippen molar-refractivity contribution in [3.63, 3.8) is 0 Å². The first-order valence-corrected chi connectivity index (χ1v) is 6.55. The SMILES string of the molecule is CC(C)N(C)CCCNc1nc2ccccc2[nH]1. The summed E-state index contributed by atoms with van der Waals surface area (Å²) in [5, 5.41) is 3.34. The van der Waals surface area contributed by atoms with Crippen LogP contribution in [0.25, 0.3) is 11.0 Å². The number of H-pyrrole nitrogens is 1. The van der Waals surface area contributed by atoms with Crippen LogP contribution in [-0.2, 0) is 0 Å². The summed E-state index contributed by atoms with van der Waals surface area (Å²) in [5.41, 5.74) is 2.10. The molecule has 1 aromatic carbocycles. The van der Waals surface area contributed by atoms with Gasteiger partial charge in [0.1, 0.15) is 0 Å². The van der Waals surface area contributed by atoms with Crippen molar-refractivity contribution in [2.75, 3.05) is 25.5 Å². The summed E-state index contributed by atoms with van der Waals surface area (Å²) >= 11 is 0. The Morgan fingerprint density at radius 3 is 2.83 bits per heavy atom. The molecule has 0 saturated carbocycles. The van der Waals surface area contributed by atoms with E-state index in [0.717, 1.165) is 36.5 Å². The Balaban J connectivity index is 1.80. The summed E-state index contributed by atoms with van der Waals surface area (Å²) in [6.45, 7) is 6.47. The molecular weight excluding hydrogens is 224 g/mol. The summed E-state index contributed by atoms with van der Waals surface area (Å²) in [4.78, 5) is 10.1. The number of fused-ring (bicyclic) bond motifs is 1. The van der Waals surface area contributed by atoms with Crippen molar-refractivity contribution in [3.05, 3.63) is 24.3 Å². The second kappa shape index (κ2) is 5.87. The number of imidazole rings is 1. The number of nitrogens with zero attached hydrogens (tertiary/aromatic N) is 2. The number of anilines is 1. The first kappa shape index (κ1) is 12.9. The Hall–Kier alpha value is -1.55. The third-order valence-electron chi connectivity index (χ3n) is 3.25. The molecule has 2 N–H and O–H groups in total. The average molecular weight is 246 g/mol. The van der Waals surface area contributed by atoms with Gasteiger partial charge in [-0.1, -0.05) is 12.1 Å². The van der Waals surface area contributed by atoms with Crippen LogP contribution in [0.15, 0.2) is 24.3 Å². The van der Waals surface area contributed by atoms with Crippen LogP contribution in [0.4, 0.5) is 5.95 Å². The van der Waals surface area contributed by atoms with Crippen molar-refractivity contribution in [1.82, 2.24) is 14.9 Å². The van der Waals surface area contributed by atoms with E-state index in [1.165, 1.54) is 0 Å². The standard InChI is InChI=1S/C14H22N4/c1-11(2)18(3)10-6-9-15-14-16-12-7-4-5-8-13(12)17-14/h4-5,7-8,11H,6,9-10H2,1-3H3,(H2,15,16,17). The van der Waals surface area contributed by atoms with Gasteiger partial charge in [0.15, 0.2) is 0 Å². The van der Waals surface area contributed by atoms with Crippen LogP contribution in [0.3, 0.4) is 0 Å². The molecule has 0 spiro atoms. The van der Waals surface area contributed by atoms with Crippen LogP contribution >= 0.6 is 0 Å². The lowest BCUT2D eigenvalue weighted by Gasteiger charge is -2.20. The molecule has 0 unspecified atom stereocenters. The molecule has 2 rings (SSSR count). The number of para-hydroxylation sites is 2. The van der Waals surface area contributed by atoms with E-state index in [1.807, 2.05) is 24.3 Å². The lowest BCUT2D eigenvalue weighted by atomic mass is 10.3. The summed E-state index contributed by atoms with van der Waals surface area (Å²) in [6.07, 6.45) is 1.12. The molecule has 1 heterocycles. The number of hydrogen-bond donors (Lipinski definition) is 2. The number of nitrogens with one attached hydrogen (secondary N) is 2. The molecule has 2 aromatic rings. The van der Waals surface area contributed by atoms with Gasteiger partial charge in [-0.2, -0.15) is 0 Å². The fraction of sp³-hybridized carbons (Fsp3) is 0.500. The third-order valence-corrected chi connectivity index (χ3v) is 3.25. The van der Waals surface area contributed by atoms with Crippen LogP contribution < -0.4 is 5.32 Å². The van der Waals surface area contributed by atoms with E-state index in [9.17, 15) is 0 Å². The molecular formula is C14H22N4. The molecule has 0 amide bonds. The van der Waals surface area contributed by atoms with Crippen LogP contribution in [0.1, 0.15) is 20.3 Å². The molecule has 0 bridgehead atoms. The van der Waals surface area contributed by atoms with E-state index in [2.05, 4.69) is 41.1 Å². The molecule has 0 saturated heterocycles. The molecule has 1 aromatic heterocycles. The van der Waals surface area contributed by atoms with E-state index in [0.29, 0.717) is 6.04 Å². The molecule has 0 fully saturated rings. The fourth-order valence-corrected chi connectivity index (χ4v) is 1.83. The average Bonchev–Trinajstić information content (AvgIpc) is 2.76. The zero-order valence-electron chi connectivity index (χ0n) is 11.4. The summed E-state index contributed by atoms with van der Waals surface area (Å²) < 4.78 is 0. The molecule has 0 atom stereocenters. The minimum absolute atomic E-state index is 0.608. The Bertz CT molecular complexity index is 456. The van der Waals surface area contributed by atoms with E-state index >= 15 is 0 Å². The third kappa shape index (κ3) is 3.23. The number of benzene rings is 1. The second-order valence-electron chi connectivity index (χ2n) is 4.96. The lowest BCUT2D eigenvalue weighted by Crippen LogP contribution is -2.28. The second-order valence-corrected chi connectivity index (χ2v) is 4.96. The van der Waals surface area contributed by atoms with Crippen molar-refractivity contribution < 1.29 is 0 Å². The molecule has 18 heavy (non-hydrogen) atoms. The van der Waals surface area contributed by atoms with Crippen molar-refractivity contribution in [2.45, 2.75) is 26.3 Å². The van der Waals surface area contributed by atoms with Crippen molar-refractivity contribution in [2.24, 2.45) is 0 Å². The largest absolute Gasteiger partial charge is 0.356 e. The van der Waals surface area contributed by atoms with Gasteiger partial charge < -0.3 is 15.2 Å². The van der Waals surface area contributed by atoms with Gasteiger partial charge in [0.05, 0.1) is 11.0 Å². The maximum Gasteiger partial charge on any atom is 0.201 e. The highest BCUT2D eigenvalue weighted by atomic mass is 15.1. The maximum atomic E-state index is 4.48. The normalized spacial score (nSPS) is 11.6. The van der Waals surface area contributed by atoms with Crippen molar-refractivity contribution in [1.29, 1.82) is 0 Å². The molecule has 4 heteroatoms. The number of rotatable bonds is 6. The van der Waals surface area contributed by atoms with E-state index < -0.39 is 0 Å². The number of hydrogen-bond acceptors (Lipinski definition) is 3. The van der Waals surface area contributed by atoms with E-state index in [1.54, 1.807) is 0 Å². The van der Waals surface area contributed by atoms with Crippen molar-refractivity contribution >= 4 is 17.0 Å². The van der Waals surface area contributed by atoms with Crippen molar-refractivity contribution in [3.8, 4) is 0 Å². The van der Waals surface area contributed by atoms with Gasteiger partial charge in [0.2, 0.25) is 5.95 Å². The Morgan fingerprint density at radius 2 is 2.11 bits per heavy atom. The van der Waals surface area contributed by atoms with Gasteiger partial charge >= 0.3 is 0 Å². The fourth-order valence-electron chi connectivity index (χ4n) is 1.83. The van der Waals surface area contributed by atoms with Gasteiger partial charge in [-0.05, 0) is 46.0 Å². The van der Waals surface area contributed by atoms with Gasteiger partial charge in [0.25, 0.3) is 0 Å². The quantitative estimate of drug-likeness (QED) is 0.770. The van der Waals surface area contributed by atoms with Crippen LogP contribution in [0, 0.1) is 0 Å². The highest BCUT2D eigenvalue weighted by Crippen LogP contribution is 2.12. The zero-order chi connectivity index (χ0) is 13.0. The van der Waals surface area contributed by atoms with Crippen LogP contribution in [-0.4, -0.2) is 41.0 Å². The predicted molar refractivity (Wildman–Crippen MR) is 77.0 cm³/mol. The Morgan fingerprint density at radius 1 is 1.33 bits per heavy atom. The smallest absolute Gasteiger partial charge is 0.201 e. The molecule has 4 nitrogen and oxygen atoms in total. The summed E-state index contributed by atoms with van der Waals surface area (Å²) in [5.74, 6) is 0.864. The van der Waals surface area contributed by atoms with E-state index in [-0.39, 0.29) is 0 Å². The number of aromatic amines is 1. The molecule has 0 aliphatic carbocycles. The Kier molecular flexibility index (Phi) is 4.20. The number of aromatic nitrogens is 2. The molecule has 0 radical (unpaired) electrons. The maximum absolute atomic E-state index is 4.48. The minimum Gasteiger partial charge on any atom is -0.356 e. The predicted octanol–water partition coefficient (Wildman–Crippen LogP) is 2.71. The lowest BCUT2D eigenvalue weighted by molar-refractivity contribution is 0.273. The highest BCUT2D eigenvalue weighted by Gasteiger charge is 2.03. The van der Waals surface area contributed by atoms with Gasteiger partial charge in [-0.25, -0.2) is 4.98 Å². The first-order valence-electron chi connectivity index (χ1n) is 6.55. The van der Waals surface area contributed by atoms with Gasteiger partial charge in [0, 0.05) is 12.6 Å². The minimum atomic E-state index is 0.608. The van der Waals surface area contributed by atoms with E-state index in [4.69, 9.17) is 0 Å². The Labute approximate surface area is 108 Å². The highest BCUT2D eigenvalue weighted by molar-refractivity contribution is 5.77. The van der Waals surface area contributed by atoms with Crippen LogP contribution in [0.5, 0.6) is 0 Å². The van der Waals surface area contributed by atoms with Crippen LogP contribution in [0.2, 0.25) is 0 Å². The topological polar surface area (TPSA) is 44.0 Å². The van der Waals surface area contributed by atoms with Gasteiger partial charge in [-0.3, -0.25) is 0 Å². The zero-order valence-corrected chi connectivity index (χ0v) is 11.4. The molecule has 0 aliphatic rings. The molecule has 98 valence electrons. The summed E-state index contributed by atoms with van der Waals surface area (Å²) in [7, 11) is 2.16. The van der Waals surface area contributed by atoms with Gasteiger partial charge in [-0.15, -0.1) is 0 Å². The monoisotopic (exact) mass is 246 g/mol. The summed E-state index contributed by atoms with van der Waals surface area (Å²) in [6, 6.07) is 8.69.